The molecule has 1 aliphatic rings. The van der Waals surface area contributed by atoms with Gasteiger partial charge in [0, 0.05) is 28.5 Å². The number of hydrogen-bond acceptors (Lipinski definition) is 3. The molecule has 180 valence electrons. The fourth-order valence-electron chi connectivity index (χ4n) is 4.64. The summed E-state index contributed by atoms with van der Waals surface area (Å²) in [6.07, 6.45) is 1.83. The Balaban J connectivity index is 1.84. The van der Waals surface area contributed by atoms with Crippen molar-refractivity contribution in [2.24, 2.45) is 0 Å². The molecule has 0 unspecified atom stereocenters. The number of anilines is 1. The van der Waals surface area contributed by atoms with Crippen LogP contribution in [0.15, 0.2) is 65.4 Å². The first-order valence-corrected chi connectivity index (χ1v) is 11.9. The molecule has 5 nitrogen and oxygen atoms in total. The molecule has 2 heterocycles. The molecule has 1 amide bonds. The largest absolute Gasteiger partial charge is 0.462 e. The van der Waals surface area contributed by atoms with E-state index in [1.54, 1.807) is 18.7 Å². The van der Waals surface area contributed by atoms with E-state index in [1.807, 2.05) is 51.1 Å². The van der Waals surface area contributed by atoms with Crippen molar-refractivity contribution < 1.29 is 14.3 Å². The highest BCUT2D eigenvalue weighted by Gasteiger charge is 2.38. The minimum atomic E-state index is -0.484. The number of amides is 1. The molecule has 0 atom stereocenters. The third kappa shape index (κ3) is 4.34. The highest BCUT2D eigenvalue weighted by atomic mass is 16.5. The van der Waals surface area contributed by atoms with Gasteiger partial charge in [-0.3, -0.25) is 9.69 Å². The van der Waals surface area contributed by atoms with Crippen LogP contribution in [0.4, 0.5) is 5.69 Å². The first-order chi connectivity index (χ1) is 16.6. The number of ether oxygens (including phenoxy) is 1. The zero-order valence-electron chi connectivity index (χ0n) is 21.5. The fraction of sp³-hybridized carbons (Fsp3) is 0.267. The number of carbonyl (C=O) groups is 2. The van der Waals surface area contributed by atoms with Gasteiger partial charge in [0.05, 0.1) is 17.8 Å². The molecule has 0 saturated heterocycles. The van der Waals surface area contributed by atoms with Gasteiger partial charge in [0.15, 0.2) is 0 Å². The highest BCUT2D eigenvalue weighted by molar-refractivity contribution is 6.23. The maximum atomic E-state index is 13.7. The molecular formula is C30H32N2O3. The van der Waals surface area contributed by atoms with Crippen molar-refractivity contribution in [3.63, 3.8) is 0 Å². The van der Waals surface area contributed by atoms with Gasteiger partial charge in [0.25, 0.3) is 5.91 Å². The third-order valence-electron chi connectivity index (χ3n) is 6.69. The Labute approximate surface area is 207 Å². The quantitative estimate of drug-likeness (QED) is 0.327. The molecule has 0 N–H and O–H groups in total. The summed E-state index contributed by atoms with van der Waals surface area (Å²) in [6.45, 7) is 14.1. The van der Waals surface area contributed by atoms with Crippen LogP contribution < -0.4 is 4.90 Å². The summed E-state index contributed by atoms with van der Waals surface area (Å²) in [5, 5.41) is 0. The molecule has 2 aromatic carbocycles. The van der Waals surface area contributed by atoms with Gasteiger partial charge in [-0.05, 0) is 102 Å². The average Bonchev–Trinajstić information content (AvgIpc) is 3.22. The summed E-state index contributed by atoms with van der Waals surface area (Å²) in [7, 11) is 0. The maximum Gasteiger partial charge on any atom is 0.340 e. The lowest BCUT2D eigenvalue weighted by Crippen LogP contribution is -2.24. The van der Waals surface area contributed by atoms with Crippen LogP contribution in [0.25, 0.3) is 11.8 Å². The summed E-state index contributed by atoms with van der Waals surface area (Å²) >= 11 is 0. The first kappa shape index (κ1) is 24.3. The lowest BCUT2D eigenvalue weighted by Gasteiger charge is -2.18. The standard InChI is InChI=1S/C30H32N2O3/c1-8-35-30(34)28-23(7)32(25-12-9-18(2)10-13-25)29(33)27(28)17-24-16-21(5)31(22(24)6)26-14-11-19(3)20(4)15-26/h9-17H,8H2,1-7H3/b27-17-. The summed E-state index contributed by atoms with van der Waals surface area (Å²) in [5.74, 6) is -0.715. The minimum Gasteiger partial charge on any atom is -0.462 e. The summed E-state index contributed by atoms with van der Waals surface area (Å²) < 4.78 is 7.52. The van der Waals surface area contributed by atoms with Gasteiger partial charge in [-0.25, -0.2) is 4.79 Å². The number of benzene rings is 2. The van der Waals surface area contributed by atoms with Crippen LogP contribution in [0.3, 0.4) is 0 Å². The Morgan fingerprint density at radius 2 is 1.54 bits per heavy atom. The number of allylic oxidation sites excluding steroid dienone is 1. The molecule has 3 aromatic rings. The summed E-state index contributed by atoms with van der Waals surface area (Å²) in [6, 6.07) is 16.1. The van der Waals surface area contributed by atoms with Crippen molar-refractivity contribution in [3.8, 4) is 5.69 Å². The third-order valence-corrected chi connectivity index (χ3v) is 6.69. The monoisotopic (exact) mass is 468 g/mol. The van der Waals surface area contributed by atoms with Gasteiger partial charge in [-0.1, -0.05) is 23.8 Å². The lowest BCUT2D eigenvalue weighted by atomic mass is 10.0. The molecule has 4 rings (SSSR count). The van der Waals surface area contributed by atoms with Crippen molar-refractivity contribution in [2.75, 3.05) is 11.5 Å². The SMILES string of the molecule is CCOC(=O)C1=C(C)N(c2ccc(C)cc2)C(=O)/C1=C\c1cc(C)n(-c2ccc(C)c(C)c2)c1C. The molecule has 0 radical (unpaired) electrons. The topological polar surface area (TPSA) is 51.5 Å². The van der Waals surface area contributed by atoms with E-state index < -0.39 is 5.97 Å². The first-order valence-electron chi connectivity index (χ1n) is 11.9. The van der Waals surface area contributed by atoms with E-state index in [-0.39, 0.29) is 12.5 Å². The molecule has 0 bridgehead atoms. The van der Waals surface area contributed by atoms with Gasteiger partial charge in [-0.2, -0.15) is 0 Å². The Hall–Kier alpha value is -3.86. The van der Waals surface area contributed by atoms with Crippen LogP contribution >= 0.6 is 0 Å². The van der Waals surface area contributed by atoms with Crippen LogP contribution in [0.1, 0.15) is 47.5 Å². The smallest absolute Gasteiger partial charge is 0.340 e. The van der Waals surface area contributed by atoms with E-state index in [4.69, 9.17) is 4.74 Å². The van der Waals surface area contributed by atoms with Crippen LogP contribution in [0.2, 0.25) is 0 Å². The highest BCUT2D eigenvalue weighted by Crippen LogP contribution is 2.36. The zero-order chi connectivity index (χ0) is 25.4. The van der Waals surface area contributed by atoms with Crippen LogP contribution in [-0.2, 0) is 14.3 Å². The Kier molecular flexibility index (Phi) is 6.53. The number of carbonyl (C=O) groups excluding carboxylic acids is 2. The molecule has 1 aromatic heterocycles. The number of hydrogen-bond donors (Lipinski definition) is 0. The molecule has 0 aliphatic carbocycles. The van der Waals surface area contributed by atoms with E-state index in [1.165, 1.54) is 11.1 Å². The molecule has 0 fully saturated rings. The molecular weight excluding hydrogens is 436 g/mol. The molecule has 0 saturated carbocycles. The van der Waals surface area contributed by atoms with E-state index in [2.05, 4.69) is 42.7 Å². The van der Waals surface area contributed by atoms with Gasteiger partial charge < -0.3 is 9.30 Å². The van der Waals surface area contributed by atoms with Crippen molar-refractivity contribution >= 4 is 23.6 Å². The van der Waals surface area contributed by atoms with Gasteiger partial charge in [0.2, 0.25) is 0 Å². The van der Waals surface area contributed by atoms with E-state index in [0.717, 1.165) is 33.9 Å². The van der Waals surface area contributed by atoms with Gasteiger partial charge >= 0.3 is 5.97 Å². The zero-order valence-corrected chi connectivity index (χ0v) is 21.5. The van der Waals surface area contributed by atoms with Crippen molar-refractivity contribution in [3.05, 3.63) is 99.0 Å². The Morgan fingerprint density at radius 3 is 2.17 bits per heavy atom. The number of rotatable bonds is 5. The van der Waals surface area contributed by atoms with Crippen LogP contribution in [0.5, 0.6) is 0 Å². The second kappa shape index (κ2) is 9.41. The lowest BCUT2D eigenvalue weighted by molar-refractivity contribution is -0.138. The predicted octanol–water partition coefficient (Wildman–Crippen LogP) is 6.29. The average molecular weight is 469 g/mol. The van der Waals surface area contributed by atoms with Crippen LogP contribution in [-0.4, -0.2) is 23.1 Å². The van der Waals surface area contributed by atoms with E-state index >= 15 is 0 Å². The second-order valence-corrected chi connectivity index (χ2v) is 9.15. The van der Waals surface area contributed by atoms with Gasteiger partial charge in [0.1, 0.15) is 0 Å². The number of esters is 1. The van der Waals surface area contributed by atoms with E-state index in [9.17, 15) is 9.59 Å². The Bertz CT molecular complexity index is 1390. The molecule has 35 heavy (non-hydrogen) atoms. The molecule has 5 heteroatoms. The van der Waals surface area contributed by atoms with Crippen molar-refractivity contribution in [1.82, 2.24) is 4.57 Å². The van der Waals surface area contributed by atoms with E-state index in [0.29, 0.717) is 16.8 Å². The summed E-state index contributed by atoms with van der Waals surface area (Å²) in [4.78, 5) is 28.3. The Morgan fingerprint density at radius 1 is 0.886 bits per heavy atom. The molecule has 1 aliphatic heterocycles. The summed E-state index contributed by atoms with van der Waals surface area (Å²) in [5.41, 5.74) is 9.54. The van der Waals surface area contributed by atoms with Crippen molar-refractivity contribution in [1.29, 1.82) is 0 Å². The van der Waals surface area contributed by atoms with Crippen molar-refractivity contribution in [2.45, 2.75) is 48.5 Å². The predicted molar refractivity (Wildman–Crippen MR) is 141 cm³/mol. The number of aromatic nitrogens is 1. The normalized spacial score (nSPS) is 14.9. The second-order valence-electron chi connectivity index (χ2n) is 9.15. The van der Waals surface area contributed by atoms with Crippen LogP contribution in [0, 0.1) is 34.6 Å². The maximum absolute atomic E-state index is 13.7. The number of aryl methyl sites for hydroxylation is 4. The van der Waals surface area contributed by atoms with Gasteiger partial charge in [-0.15, -0.1) is 0 Å². The minimum absolute atomic E-state index is 0.231. The molecule has 0 spiro atoms. The number of nitrogens with zero attached hydrogens (tertiary/aromatic N) is 2. The fourth-order valence-corrected chi connectivity index (χ4v) is 4.64.